The van der Waals surface area contributed by atoms with Crippen molar-refractivity contribution < 1.29 is 17.6 Å². The van der Waals surface area contributed by atoms with E-state index in [1.165, 1.54) is 47.7 Å². The first-order valence-corrected chi connectivity index (χ1v) is 12.0. The van der Waals surface area contributed by atoms with Gasteiger partial charge >= 0.3 is 0 Å². The molecule has 3 aromatic carbocycles. The Morgan fingerprint density at radius 3 is 2.25 bits per heavy atom. The van der Waals surface area contributed by atoms with Gasteiger partial charge in [-0.3, -0.25) is 14.8 Å². The number of amides is 1. The van der Waals surface area contributed by atoms with Gasteiger partial charge in [0.05, 0.1) is 10.6 Å². The summed E-state index contributed by atoms with van der Waals surface area (Å²) in [6.07, 6.45) is 0. The number of aromatic nitrogens is 1. The van der Waals surface area contributed by atoms with Crippen LogP contribution in [0.4, 0.5) is 15.2 Å². The van der Waals surface area contributed by atoms with E-state index in [-0.39, 0.29) is 16.5 Å². The van der Waals surface area contributed by atoms with Crippen LogP contribution in [0.2, 0.25) is 5.02 Å². The Kier molecular flexibility index (Phi) is 6.22. The molecule has 4 aromatic rings. The van der Waals surface area contributed by atoms with Crippen molar-refractivity contribution >= 4 is 49.7 Å². The average molecular weight is 488 g/mol. The second-order valence-corrected chi connectivity index (χ2v) is 9.61. The van der Waals surface area contributed by atoms with E-state index < -0.39 is 15.8 Å². The molecule has 2 N–H and O–H groups in total. The molecule has 0 aliphatic rings. The number of anilines is 2. The normalized spacial score (nSPS) is 11.2. The molecule has 1 amide bonds. The molecule has 0 atom stereocenters. The van der Waals surface area contributed by atoms with E-state index in [2.05, 4.69) is 15.0 Å². The molecule has 0 radical (unpaired) electrons. The van der Waals surface area contributed by atoms with Crippen LogP contribution in [0, 0.1) is 5.82 Å². The van der Waals surface area contributed by atoms with Gasteiger partial charge < -0.3 is 0 Å². The fourth-order valence-electron chi connectivity index (χ4n) is 2.77. The highest BCUT2D eigenvalue weighted by atomic mass is 35.5. The molecule has 1 heterocycles. The van der Waals surface area contributed by atoms with Crippen LogP contribution in [0.5, 0.6) is 0 Å². The lowest BCUT2D eigenvalue weighted by atomic mass is 10.2. The van der Waals surface area contributed by atoms with Gasteiger partial charge in [-0.05, 0) is 60.7 Å². The summed E-state index contributed by atoms with van der Waals surface area (Å²) in [7, 11) is -3.87. The fraction of sp³-hybridized carbons (Fsp3) is 0. The van der Waals surface area contributed by atoms with E-state index in [4.69, 9.17) is 11.6 Å². The van der Waals surface area contributed by atoms with Crippen molar-refractivity contribution in [3.05, 3.63) is 94.6 Å². The highest BCUT2D eigenvalue weighted by Crippen LogP contribution is 2.26. The first-order valence-electron chi connectivity index (χ1n) is 9.21. The molecule has 0 unspecified atom stereocenters. The van der Waals surface area contributed by atoms with Crippen LogP contribution in [0.1, 0.15) is 10.4 Å². The van der Waals surface area contributed by atoms with Gasteiger partial charge in [0.15, 0.2) is 5.13 Å². The molecular formula is C22H15ClFN3O3S2. The van der Waals surface area contributed by atoms with Crippen LogP contribution < -0.4 is 10.0 Å². The molecule has 4 rings (SSSR count). The molecule has 0 fully saturated rings. The van der Waals surface area contributed by atoms with Gasteiger partial charge in [-0.25, -0.2) is 17.8 Å². The summed E-state index contributed by atoms with van der Waals surface area (Å²) < 4.78 is 40.2. The summed E-state index contributed by atoms with van der Waals surface area (Å²) in [6, 6.07) is 17.6. The highest BCUT2D eigenvalue weighted by molar-refractivity contribution is 7.92. The van der Waals surface area contributed by atoms with Gasteiger partial charge in [-0.1, -0.05) is 23.7 Å². The maximum atomic E-state index is 13.0. The number of hydrogen-bond acceptors (Lipinski definition) is 5. The Morgan fingerprint density at radius 2 is 1.59 bits per heavy atom. The maximum Gasteiger partial charge on any atom is 0.261 e. The molecular weight excluding hydrogens is 473 g/mol. The molecule has 0 saturated heterocycles. The molecule has 0 saturated carbocycles. The number of sulfonamides is 1. The van der Waals surface area contributed by atoms with Crippen molar-refractivity contribution in [1.82, 2.24) is 4.98 Å². The smallest absolute Gasteiger partial charge is 0.261 e. The largest absolute Gasteiger partial charge is 0.298 e. The Bertz CT molecular complexity index is 1360. The number of nitrogens with zero attached hydrogens (tertiary/aromatic N) is 1. The van der Waals surface area contributed by atoms with Gasteiger partial charge in [-0.15, -0.1) is 11.3 Å². The second-order valence-electron chi connectivity index (χ2n) is 6.64. The number of hydrogen-bond donors (Lipinski definition) is 2. The number of halogens is 2. The molecule has 10 heteroatoms. The number of nitrogens with one attached hydrogen (secondary N) is 2. The van der Waals surface area contributed by atoms with Gasteiger partial charge in [0.1, 0.15) is 5.82 Å². The molecule has 32 heavy (non-hydrogen) atoms. The molecule has 162 valence electrons. The minimum Gasteiger partial charge on any atom is -0.298 e. The number of rotatable bonds is 6. The fourth-order valence-corrected chi connectivity index (χ4v) is 4.67. The Labute approximate surface area is 192 Å². The number of thiazole rings is 1. The topological polar surface area (TPSA) is 88.2 Å². The van der Waals surface area contributed by atoms with Crippen molar-refractivity contribution in [2.45, 2.75) is 4.90 Å². The second kappa shape index (κ2) is 9.07. The summed E-state index contributed by atoms with van der Waals surface area (Å²) in [5.41, 5.74) is 2.19. The predicted octanol–water partition coefficient (Wildman–Crippen LogP) is 5.66. The van der Waals surface area contributed by atoms with E-state index in [0.717, 1.165) is 17.7 Å². The van der Waals surface area contributed by atoms with Crippen LogP contribution in [-0.2, 0) is 10.0 Å². The van der Waals surface area contributed by atoms with Crippen LogP contribution in [0.3, 0.4) is 0 Å². The van der Waals surface area contributed by atoms with E-state index in [9.17, 15) is 17.6 Å². The zero-order valence-electron chi connectivity index (χ0n) is 16.2. The average Bonchev–Trinajstić information content (AvgIpc) is 3.23. The standard InChI is InChI=1S/C22H15ClFN3O3S2/c23-16-5-1-14(2-6-16)20-13-31-22(25-20)26-21(28)15-3-9-18(10-4-15)27-32(29,30)19-11-7-17(24)8-12-19/h1-13,27H,(H,25,26,28). The van der Waals surface area contributed by atoms with E-state index in [1.54, 1.807) is 12.1 Å². The van der Waals surface area contributed by atoms with Crippen LogP contribution in [0.15, 0.2) is 83.1 Å². The molecule has 0 aliphatic carbocycles. The minimum absolute atomic E-state index is 0.0685. The summed E-state index contributed by atoms with van der Waals surface area (Å²) >= 11 is 7.18. The van der Waals surface area contributed by atoms with Gasteiger partial charge in [0.25, 0.3) is 15.9 Å². The monoisotopic (exact) mass is 487 g/mol. The van der Waals surface area contributed by atoms with Crippen molar-refractivity contribution in [1.29, 1.82) is 0 Å². The van der Waals surface area contributed by atoms with Crippen LogP contribution in [0.25, 0.3) is 11.3 Å². The number of benzene rings is 3. The molecule has 0 spiro atoms. The molecule has 6 nitrogen and oxygen atoms in total. The zero-order chi connectivity index (χ0) is 22.7. The van der Waals surface area contributed by atoms with E-state index in [0.29, 0.717) is 21.4 Å². The third kappa shape index (κ3) is 5.13. The molecule has 0 aliphatic heterocycles. The molecule has 1 aromatic heterocycles. The lowest BCUT2D eigenvalue weighted by Crippen LogP contribution is -2.14. The number of carbonyl (C=O) groups excluding carboxylic acids is 1. The van der Waals surface area contributed by atoms with Crippen molar-refractivity contribution in [2.24, 2.45) is 0 Å². The summed E-state index contributed by atoms with van der Waals surface area (Å²) in [5.74, 6) is -0.908. The Morgan fingerprint density at radius 1 is 0.938 bits per heavy atom. The Hall–Kier alpha value is -3.27. The van der Waals surface area contributed by atoms with Gasteiger partial charge in [-0.2, -0.15) is 0 Å². The quantitative estimate of drug-likeness (QED) is 0.367. The van der Waals surface area contributed by atoms with Crippen LogP contribution in [-0.4, -0.2) is 19.3 Å². The SMILES string of the molecule is O=C(Nc1nc(-c2ccc(Cl)cc2)cs1)c1ccc(NS(=O)(=O)c2ccc(F)cc2)cc1. The summed E-state index contributed by atoms with van der Waals surface area (Å²) in [6.45, 7) is 0. The maximum absolute atomic E-state index is 13.0. The van der Waals surface area contributed by atoms with Crippen molar-refractivity contribution in [3.63, 3.8) is 0 Å². The van der Waals surface area contributed by atoms with Crippen molar-refractivity contribution in [2.75, 3.05) is 10.0 Å². The van der Waals surface area contributed by atoms with Gasteiger partial charge in [0.2, 0.25) is 0 Å². The third-order valence-corrected chi connectivity index (χ3v) is 6.79. The highest BCUT2D eigenvalue weighted by Gasteiger charge is 2.15. The summed E-state index contributed by atoms with van der Waals surface area (Å²) in [4.78, 5) is 16.9. The van der Waals surface area contributed by atoms with E-state index >= 15 is 0 Å². The third-order valence-electron chi connectivity index (χ3n) is 4.39. The lowest BCUT2D eigenvalue weighted by Gasteiger charge is -2.09. The molecule has 0 bridgehead atoms. The minimum atomic E-state index is -3.87. The summed E-state index contributed by atoms with van der Waals surface area (Å²) in [5, 5.41) is 5.61. The lowest BCUT2D eigenvalue weighted by molar-refractivity contribution is 0.102. The van der Waals surface area contributed by atoms with Gasteiger partial charge in [0, 0.05) is 27.2 Å². The van der Waals surface area contributed by atoms with Crippen molar-refractivity contribution in [3.8, 4) is 11.3 Å². The Balaban J connectivity index is 1.42. The zero-order valence-corrected chi connectivity index (χ0v) is 18.6. The van der Waals surface area contributed by atoms with E-state index in [1.807, 2.05) is 17.5 Å². The number of carbonyl (C=O) groups is 1. The first kappa shape index (κ1) is 21.9. The predicted molar refractivity (Wildman–Crippen MR) is 124 cm³/mol. The first-order chi connectivity index (χ1) is 15.3. The van der Waals surface area contributed by atoms with Crippen LogP contribution >= 0.6 is 22.9 Å².